The van der Waals surface area contributed by atoms with Crippen LogP contribution in [-0.4, -0.2) is 38.9 Å². The van der Waals surface area contributed by atoms with Crippen LogP contribution in [-0.2, 0) is 16.6 Å². The average molecular weight is 480 g/mol. The summed E-state index contributed by atoms with van der Waals surface area (Å²) in [5.41, 5.74) is 0.829. The lowest BCUT2D eigenvalue weighted by Gasteiger charge is -2.37. The number of hydrogen-bond donors (Lipinski definition) is 2. The third kappa shape index (κ3) is 6.74. The number of nitrogens with one attached hydrogen (secondary N) is 1. The minimum Gasteiger partial charge on any atom is -0.357 e. The molecule has 1 fully saturated rings. The number of likely N-dealkylation sites (tertiary alicyclic amines) is 1. The molecule has 0 saturated carbocycles. The predicted molar refractivity (Wildman–Crippen MR) is 113 cm³/mol. The van der Waals surface area contributed by atoms with Crippen LogP contribution in [0.2, 0.25) is 0 Å². The molecule has 1 heterocycles. The van der Waals surface area contributed by atoms with E-state index in [0.29, 0.717) is 18.4 Å². The van der Waals surface area contributed by atoms with Crippen molar-refractivity contribution in [2.45, 2.75) is 38.6 Å². The van der Waals surface area contributed by atoms with Crippen LogP contribution in [0.1, 0.15) is 32.8 Å². The van der Waals surface area contributed by atoms with Gasteiger partial charge in [-0.1, -0.05) is 26.0 Å². The number of rotatable bonds is 4. The van der Waals surface area contributed by atoms with Gasteiger partial charge in [0.05, 0.1) is 11.4 Å². The molecule has 1 saturated heterocycles. The standard InChI is InChI=1S/C17H28N4O2S.HI/c1-4-19-17(21-11-13(2)8-14(3)12-21)20-10-15-6-5-7-16(9-15)24(18,22)23;/h5-7,9,13-14H,4,8,10-12H2,1-3H3,(H,19,20)(H2,18,22,23);1H. The summed E-state index contributed by atoms with van der Waals surface area (Å²) in [6.07, 6.45) is 1.24. The summed E-state index contributed by atoms with van der Waals surface area (Å²) in [5.74, 6) is 2.17. The largest absolute Gasteiger partial charge is 0.357 e. The molecule has 6 nitrogen and oxygen atoms in total. The Hall–Kier alpha value is -0.870. The molecule has 1 aromatic rings. The van der Waals surface area contributed by atoms with Gasteiger partial charge in [0, 0.05) is 19.6 Å². The molecule has 1 aliphatic heterocycles. The van der Waals surface area contributed by atoms with Crippen molar-refractivity contribution in [3.05, 3.63) is 29.8 Å². The second kappa shape index (κ2) is 9.72. The van der Waals surface area contributed by atoms with E-state index in [1.807, 2.05) is 13.0 Å². The number of hydrogen-bond acceptors (Lipinski definition) is 3. The summed E-state index contributed by atoms with van der Waals surface area (Å²) in [7, 11) is -3.68. The molecule has 1 aromatic carbocycles. The topological polar surface area (TPSA) is 87.8 Å². The van der Waals surface area contributed by atoms with Crippen LogP contribution < -0.4 is 10.5 Å². The summed E-state index contributed by atoms with van der Waals surface area (Å²) in [6.45, 7) is 9.79. The van der Waals surface area contributed by atoms with E-state index in [1.165, 1.54) is 12.5 Å². The van der Waals surface area contributed by atoms with Gasteiger partial charge in [-0.15, -0.1) is 24.0 Å². The lowest BCUT2D eigenvalue weighted by Crippen LogP contribution is -2.48. The summed E-state index contributed by atoms with van der Waals surface area (Å²) in [6, 6.07) is 6.65. The number of aliphatic imine (C=N–C) groups is 1. The Morgan fingerprint density at radius 2 is 1.96 bits per heavy atom. The maximum atomic E-state index is 11.5. The van der Waals surface area contributed by atoms with Crippen LogP contribution in [0.25, 0.3) is 0 Å². The monoisotopic (exact) mass is 480 g/mol. The van der Waals surface area contributed by atoms with Gasteiger partial charge in [-0.3, -0.25) is 0 Å². The number of nitrogens with two attached hydrogens (primary N) is 1. The summed E-state index contributed by atoms with van der Waals surface area (Å²) < 4.78 is 22.9. The Kier molecular flexibility index (Phi) is 8.62. The SMILES string of the molecule is CCNC(=NCc1cccc(S(N)(=O)=O)c1)N1CC(C)CC(C)C1.I. The molecule has 8 heteroatoms. The molecule has 25 heavy (non-hydrogen) atoms. The van der Waals surface area contributed by atoms with E-state index in [1.54, 1.807) is 12.1 Å². The Bertz CT molecular complexity index is 684. The lowest BCUT2D eigenvalue weighted by molar-refractivity contribution is 0.208. The molecule has 0 bridgehead atoms. The molecule has 0 aromatic heterocycles. The van der Waals surface area contributed by atoms with Gasteiger partial charge in [0.1, 0.15) is 0 Å². The summed E-state index contributed by atoms with van der Waals surface area (Å²) >= 11 is 0. The Balaban J connectivity index is 0.00000312. The van der Waals surface area contributed by atoms with Gasteiger partial charge in [-0.05, 0) is 42.9 Å². The first-order valence-electron chi connectivity index (χ1n) is 8.44. The van der Waals surface area contributed by atoms with Crippen molar-refractivity contribution >= 4 is 40.0 Å². The average Bonchev–Trinajstić information content (AvgIpc) is 2.50. The van der Waals surface area contributed by atoms with Crippen molar-refractivity contribution in [2.24, 2.45) is 22.0 Å². The quantitative estimate of drug-likeness (QED) is 0.394. The molecule has 0 radical (unpaired) electrons. The van der Waals surface area contributed by atoms with Crippen molar-refractivity contribution in [3.63, 3.8) is 0 Å². The number of primary sulfonamides is 1. The highest BCUT2D eigenvalue weighted by Gasteiger charge is 2.23. The van der Waals surface area contributed by atoms with E-state index in [9.17, 15) is 8.42 Å². The number of sulfonamides is 1. The van der Waals surface area contributed by atoms with E-state index in [0.717, 1.165) is 31.2 Å². The molecular weight excluding hydrogens is 451 g/mol. The van der Waals surface area contributed by atoms with Gasteiger partial charge in [0.15, 0.2) is 5.96 Å². The third-order valence-corrected chi connectivity index (χ3v) is 5.05. The Morgan fingerprint density at radius 3 is 2.52 bits per heavy atom. The molecule has 0 spiro atoms. The van der Waals surface area contributed by atoms with E-state index in [4.69, 9.17) is 10.1 Å². The molecule has 3 N–H and O–H groups in total. The first-order valence-corrected chi connectivity index (χ1v) is 9.99. The van der Waals surface area contributed by atoms with Gasteiger partial charge in [-0.25, -0.2) is 18.5 Å². The minimum absolute atomic E-state index is 0. The predicted octanol–water partition coefficient (Wildman–Crippen LogP) is 2.40. The fraction of sp³-hybridized carbons (Fsp3) is 0.588. The molecule has 2 unspecified atom stereocenters. The zero-order valence-corrected chi connectivity index (χ0v) is 18.3. The fourth-order valence-electron chi connectivity index (χ4n) is 3.25. The van der Waals surface area contributed by atoms with Gasteiger partial charge in [0.2, 0.25) is 10.0 Å². The number of benzene rings is 1. The first-order chi connectivity index (χ1) is 11.3. The molecular formula is C17H29IN4O2S. The Morgan fingerprint density at radius 1 is 1.32 bits per heavy atom. The summed E-state index contributed by atoms with van der Waals surface area (Å²) in [4.78, 5) is 7.12. The summed E-state index contributed by atoms with van der Waals surface area (Å²) in [5, 5.41) is 8.53. The van der Waals surface area contributed by atoms with Crippen LogP contribution in [0.5, 0.6) is 0 Å². The van der Waals surface area contributed by atoms with Crippen molar-refractivity contribution in [2.75, 3.05) is 19.6 Å². The molecule has 0 aliphatic carbocycles. The molecule has 142 valence electrons. The van der Waals surface area contributed by atoms with Gasteiger partial charge < -0.3 is 10.2 Å². The van der Waals surface area contributed by atoms with Gasteiger partial charge in [0.25, 0.3) is 0 Å². The van der Waals surface area contributed by atoms with Crippen LogP contribution >= 0.6 is 24.0 Å². The highest BCUT2D eigenvalue weighted by atomic mass is 127. The number of piperidine rings is 1. The lowest BCUT2D eigenvalue weighted by atomic mass is 9.92. The van der Waals surface area contributed by atoms with Crippen LogP contribution in [0, 0.1) is 11.8 Å². The Labute approximate surface area is 168 Å². The minimum atomic E-state index is -3.68. The van der Waals surface area contributed by atoms with Crippen molar-refractivity contribution in [1.82, 2.24) is 10.2 Å². The van der Waals surface area contributed by atoms with E-state index >= 15 is 0 Å². The maximum absolute atomic E-state index is 11.5. The molecule has 2 atom stereocenters. The highest BCUT2D eigenvalue weighted by molar-refractivity contribution is 14.0. The zero-order chi connectivity index (χ0) is 17.7. The number of guanidine groups is 1. The highest BCUT2D eigenvalue weighted by Crippen LogP contribution is 2.21. The van der Waals surface area contributed by atoms with Crippen LogP contribution in [0.3, 0.4) is 0 Å². The third-order valence-electron chi connectivity index (χ3n) is 4.14. The van der Waals surface area contributed by atoms with Crippen LogP contribution in [0.4, 0.5) is 0 Å². The smallest absolute Gasteiger partial charge is 0.238 e. The molecule has 1 aliphatic rings. The number of nitrogens with zero attached hydrogens (tertiary/aromatic N) is 2. The van der Waals surface area contributed by atoms with E-state index in [2.05, 4.69) is 24.1 Å². The van der Waals surface area contributed by atoms with E-state index in [-0.39, 0.29) is 28.9 Å². The molecule has 2 rings (SSSR count). The van der Waals surface area contributed by atoms with Crippen molar-refractivity contribution in [1.29, 1.82) is 0 Å². The second-order valence-electron chi connectivity index (χ2n) is 6.71. The molecule has 0 amide bonds. The normalized spacial score (nSPS) is 21.6. The zero-order valence-electron chi connectivity index (χ0n) is 15.1. The van der Waals surface area contributed by atoms with Crippen LogP contribution in [0.15, 0.2) is 34.2 Å². The van der Waals surface area contributed by atoms with Crippen molar-refractivity contribution in [3.8, 4) is 0 Å². The number of halogens is 1. The maximum Gasteiger partial charge on any atom is 0.238 e. The van der Waals surface area contributed by atoms with Gasteiger partial charge >= 0.3 is 0 Å². The van der Waals surface area contributed by atoms with Crippen molar-refractivity contribution < 1.29 is 8.42 Å². The first kappa shape index (κ1) is 22.2. The van der Waals surface area contributed by atoms with Gasteiger partial charge in [-0.2, -0.15) is 0 Å². The fourth-order valence-corrected chi connectivity index (χ4v) is 3.83. The second-order valence-corrected chi connectivity index (χ2v) is 8.28. The van der Waals surface area contributed by atoms with E-state index < -0.39 is 10.0 Å².